The zero-order valence-electron chi connectivity index (χ0n) is 13.4. The maximum absolute atomic E-state index is 12.6. The predicted octanol–water partition coefficient (Wildman–Crippen LogP) is 2.49. The van der Waals surface area contributed by atoms with Gasteiger partial charge in [0.2, 0.25) is 0 Å². The first-order valence-corrected chi connectivity index (χ1v) is 7.78. The highest BCUT2D eigenvalue weighted by molar-refractivity contribution is 5.92. The topological polar surface area (TPSA) is 84.2 Å². The fourth-order valence-electron chi connectivity index (χ4n) is 2.58. The number of carbonyl (C=O) groups excluding carboxylic acids is 1. The van der Waals surface area contributed by atoms with Gasteiger partial charge in [-0.1, -0.05) is 60.7 Å². The van der Waals surface area contributed by atoms with Crippen molar-refractivity contribution in [3.8, 4) is 0 Å². The van der Waals surface area contributed by atoms with Crippen molar-refractivity contribution < 1.29 is 14.7 Å². The molecule has 25 heavy (non-hydrogen) atoms. The molecule has 0 spiro atoms. The number of aliphatic carboxylic acids is 1. The SMILES string of the molecule is O=C(O)Cn1cnc(C(=O)NC(c2ccccc2)c2ccccc2)c1. The lowest BCUT2D eigenvalue weighted by atomic mass is 9.98. The number of hydrogen-bond donors (Lipinski definition) is 2. The van der Waals surface area contributed by atoms with E-state index in [1.54, 1.807) is 0 Å². The molecule has 1 aromatic heterocycles. The summed E-state index contributed by atoms with van der Waals surface area (Å²) >= 11 is 0. The number of nitrogens with zero attached hydrogens (tertiary/aromatic N) is 2. The number of nitrogens with one attached hydrogen (secondary N) is 1. The Hall–Kier alpha value is -3.41. The van der Waals surface area contributed by atoms with Crippen LogP contribution in [0, 0.1) is 0 Å². The lowest BCUT2D eigenvalue weighted by Crippen LogP contribution is -2.29. The molecule has 2 aromatic carbocycles. The van der Waals surface area contributed by atoms with Crippen LogP contribution in [0.3, 0.4) is 0 Å². The summed E-state index contributed by atoms with van der Waals surface area (Å²) in [7, 11) is 0. The monoisotopic (exact) mass is 335 g/mol. The van der Waals surface area contributed by atoms with Gasteiger partial charge < -0.3 is 15.0 Å². The van der Waals surface area contributed by atoms with Gasteiger partial charge in [0.25, 0.3) is 5.91 Å². The van der Waals surface area contributed by atoms with E-state index in [2.05, 4.69) is 10.3 Å². The molecule has 3 rings (SSSR count). The van der Waals surface area contributed by atoms with Crippen molar-refractivity contribution in [3.63, 3.8) is 0 Å². The number of aromatic nitrogens is 2. The number of hydrogen-bond acceptors (Lipinski definition) is 3. The zero-order valence-corrected chi connectivity index (χ0v) is 13.4. The lowest BCUT2D eigenvalue weighted by Gasteiger charge is -2.19. The summed E-state index contributed by atoms with van der Waals surface area (Å²) in [5.74, 6) is -1.35. The van der Waals surface area contributed by atoms with E-state index in [1.165, 1.54) is 17.1 Å². The smallest absolute Gasteiger partial charge is 0.323 e. The first kappa shape index (κ1) is 16.4. The minimum Gasteiger partial charge on any atom is -0.480 e. The van der Waals surface area contributed by atoms with E-state index in [0.717, 1.165) is 11.1 Å². The van der Waals surface area contributed by atoms with Gasteiger partial charge in [0.1, 0.15) is 12.2 Å². The van der Waals surface area contributed by atoms with Crippen LogP contribution in [0.2, 0.25) is 0 Å². The summed E-state index contributed by atoms with van der Waals surface area (Å²) in [6, 6.07) is 19.0. The molecule has 0 fully saturated rings. The van der Waals surface area contributed by atoms with Gasteiger partial charge in [0.05, 0.1) is 12.4 Å². The predicted molar refractivity (Wildman–Crippen MR) is 92.1 cm³/mol. The normalized spacial score (nSPS) is 10.6. The van der Waals surface area contributed by atoms with Crippen molar-refractivity contribution in [2.75, 3.05) is 0 Å². The molecule has 0 aliphatic rings. The number of imidazole rings is 1. The maximum Gasteiger partial charge on any atom is 0.323 e. The summed E-state index contributed by atoms with van der Waals surface area (Å²) in [6.07, 6.45) is 2.76. The Bertz CT molecular complexity index is 820. The quantitative estimate of drug-likeness (QED) is 0.725. The fourth-order valence-corrected chi connectivity index (χ4v) is 2.58. The van der Waals surface area contributed by atoms with Crippen LogP contribution < -0.4 is 5.32 Å². The molecule has 0 unspecified atom stereocenters. The van der Waals surface area contributed by atoms with E-state index < -0.39 is 5.97 Å². The van der Waals surface area contributed by atoms with Crippen molar-refractivity contribution >= 4 is 11.9 Å². The molecule has 1 amide bonds. The Morgan fingerprint density at radius 1 is 1.00 bits per heavy atom. The summed E-state index contributed by atoms with van der Waals surface area (Å²) in [6.45, 7) is -0.235. The van der Waals surface area contributed by atoms with Gasteiger partial charge in [0.15, 0.2) is 0 Å². The molecule has 0 atom stereocenters. The van der Waals surface area contributed by atoms with Crippen molar-refractivity contribution in [1.29, 1.82) is 0 Å². The van der Waals surface area contributed by atoms with Crippen LogP contribution in [0.4, 0.5) is 0 Å². The maximum atomic E-state index is 12.6. The third kappa shape index (κ3) is 4.11. The highest BCUT2D eigenvalue weighted by Crippen LogP contribution is 2.22. The zero-order chi connectivity index (χ0) is 17.6. The first-order chi connectivity index (χ1) is 12.1. The Morgan fingerprint density at radius 2 is 1.56 bits per heavy atom. The second kappa shape index (κ2) is 7.44. The second-order valence-electron chi connectivity index (χ2n) is 5.55. The first-order valence-electron chi connectivity index (χ1n) is 7.78. The molecule has 2 N–H and O–H groups in total. The van der Waals surface area contributed by atoms with Crippen LogP contribution in [0.1, 0.15) is 27.7 Å². The molecule has 0 radical (unpaired) electrons. The Morgan fingerprint density at radius 3 is 2.08 bits per heavy atom. The molecule has 3 aromatic rings. The highest BCUT2D eigenvalue weighted by atomic mass is 16.4. The summed E-state index contributed by atoms with van der Waals surface area (Å²) in [4.78, 5) is 27.3. The fraction of sp³-hybridized carbons (Fsp3) is 0.105. The van der Waals surface area contributed by atoms with Crippen LogP contribution in [0.15, 0.2) is 73.2 Å². The van der Waals surface area contributed by atoms with Crippen molar-refractivity contribution in [2.24, 2.45) is 0 Å². The van der Waals surface area contributed by atoms with Crippen LogP contribution in [-0.4, -0.2) is 26.5 Å². The van der Waals surface area contributed by atoms with Gasteiger partial charge in [-0.05, 0) is 11.1 Å². The minimum atomic E-state index is -0.990. The second-order valence-corrected chi connectivity index (χ2v) is 5.55. The van der Waals surface area contributed by atoms with Crippen molar-refractivity contribution in [2.45, 2.75) is 12.6 Å². The largest absolute Gasteiger partial charge is 0.480 e. The van der Waals surface area contributed by atoms with E-state index in [1.807, 2.05) is 60.7 Å². The van der Waals surface area contributed by atoms with Crippen LogP contribution >= 0.6 is 0 Å². The Labute approximate surface area is 144 Å². The van der Waals surface area contributed by atoms with Crippen LogP contribution in [0.5, 0.6) is 0 Å². The summed E-state index contributed by atoms with van der Waals surface area (Å²) < 4.78 is 1.36. The summed E-state index contributed by atoms with van der Waals surface area (Å²) in [5.41, 5.74) is 2.08. The van der Waals surface area contributed by atoms with Crippen LogP contribution in [0.25, 0.3) is 0 Å². The lowest BCUT2D eigenvalue weighted by molar-refractivity contribution is -0.137. The van der Waals surface area contributed by atoms with E-state index in [0.29, 0.717) is 0 Å². The van der Waals surface area contributed by atoms with Gasteiger partial charge >= 0.3 is 5.97 Å². The molecule has 126 valence electrons. The van der Waals surface area contributed by atoms with Gasteiger partial charge in [-0.25, -0.2) is 4.98 Å². The van der Waals surface area contributed by atoms with Gasteiger partial charge in [-0.2, -0.15) is 0 Å². The van der Waals surface area contributed by atoms with Gasteiger partial charge in [-0.15, -0.1) is 0 Å². The molecule has 0 saturated heterocycles. The van der Waals surface area contributed by atoms with E-state index in [4.69, 9.17) is 5.11 Å². The number of carboxylic acid groups (broad SMARTS) is 1. The molecular formula is C19H17N3O3. The van der Waals surface area contributed by atoms with Crippen LogP contribution in [-0.2, 0) is 11.3 Å². The third-order valence-corrected chi connectivity index (χ3v) is 3.72. The van der Waals surface area contributed by atoms with Crippen molar-refractivity contribution in [3.05, 3.63) is 90.0 Å². The molecule has 0 aliphatic heterocycles. The molecule has 1 heterocycles. The molecule has 6 nitrogen and oxygen atoms in total. The van der Waals surface area contributed by atoms with Gasteiger partial charge in [-0.3, -0.25) is 9.59 Å². The van der Waals surface area contributed by atoms with Crippen molar-refractivity contribution in [1.82, 2.24) is 14.9 Å². The molecule has 0 aliphatic carbocycles. The number of carbonyl (C=O) groups is 2. The number of benzene rings is 2. The molecule has 0 saturated carbocycles. The van der Waals surface area contributed by atoms with E-state index in [-0.39, 0.29) is 24.2 Å². The standard InChI is InChI=1S/C19H17N3O3/c23-17(24)12-22-11-16(20-13-22)19(25)21-18(14-7-3-1-4-8-14)15-9-5-2-6-10-15/h1-11,13,18H,12H2,(H,21,25)(H,23,24). The van der Waals surface area contributed by atoms with Gasteiger partial charge in [0, 0.05) is 6.20 Å². The average Bonchev–Trinajstić information content (AvgIpc) is 3.09. The highest BCUT2D eigenvalue weighted by Gasteiger charge is 2.19. The molecule has 6 heteroatoms. The Kier molecular flexibility index (Phi) is 4.89. The number of rotatable bonds is 6. The summed E-state index contributed by atoms with van der Waals surface area (Å²) in [5, 5.41) is 11.8. The average molecular weight is 335 g/mol. The minimum absolute atomic E-state index is 0.179. The molecular weight excluding hydrogens is 318 g/mol. The van der Waals surface area contributed by atoms with E-state index >= 15 is 0 Å². The Balaban J connectivity index is 1.84. The van der Waals surface area contributed by atoms with E-state index in [9.17, 15) is 9.59 Å². The number of carboxylic acids is 1. The molecule has 0 bridgehead atoms. The third-order valence-electron chi connectivity index (χ3n) is 3.72. The number of amides is 1.